The van der Waals surface area contributed by atoms with Gasteiger partial charge in [-0.3, -0.25) is 4.98 Å². The van der Waals surface area contributed by atoms with Crippen LogP contribution in [0.5, 0.6) is 0 Å². The summed E-state index contributed by atoms with van der Waals surface area (Å²) < 4.78 is 0. The number of pyridine rings is 1. The van der Waals surface area contributed by atoms with Crippen LogP contribution in [-0.2, 0) is 0 Å². The van der Waals surface area contributed by atoms with E-state index in [-0.39, 0.29) is 0 Å². The minimum atomic E-state index is 0.871. The number of hydrogen-bond donors (Lipinski definition) is 0. The number of fused-ring (bicyclic) bond motifs is 1. The molecule has 0 saturated heterocycles. The van der Waals surface area contributed by atoms with E-state index in [4.69, 9.17) is 0 Å². The van der Waals surface area contributed by atoms with Gasteiger partial charge in [-0.05, 0) is 24.6 Å². The molecule has 0 bridgehead atoms. The topological polar surface area (TPSA) is 51.6 Å². The molecular formula is C8H8N4. The first-order valence-electron chi connectivity index (χ1n) is 3.69. The SMILES string of the molecule is Cc1nnnc2c(C)cncc12. The van der Waals surface area contributed by atoms with Crippen LogP contribution in [0, 0.1) is 13.8 Å². The van der Waals surface area contributed by atoms with Gasteiger partial charge in [-0.25, -0.2) is 0 Å². The van der Waals surface area contributed by atoms with Crippen LogP contribution >= 0.6 is 0 Å². The van der Waals surface area contributed by atoms with E-state index >= 15 is 0 Å². The summed E-state index contributed by atoms with van der Waals surface area (Å²) in [5.41, 5.74) is 2.79. The van der Waals surface area contributed by atoms with Gasteiger partial charge in [0, 0.05) is 17.8 Å². The molecule has 0 aliphatic rings. The van der Waals surface area contributed by atoms with Gasteiger partial charge in [0.15, 0.2) is 0 Å². The number of hydrogen-bond acceptors (Lipinski definition) is 4. The Balaban J connectivity index is 2.94. The van der Waals surface area contributed by atoms with Gasteiger partial charge in [0.2, 0.25) is 0 Å². The minimum absolute atomic E-state index is 0.871. The highest BCUT2D eigenvalue weighted by molar-refractivity contribution is 5.81. The zero-order valence-electron chi connectivity index (χ0n) is 6.94. The molecule has 0 atom stereocenters. The molecule has 0 aliphatic carbocycles. The fourth-order valence-electron chi connectivity index (χ4n) is 1.14. The third-order valence-corrected chi connectivity index (χ3v) is 1.83. The standard InChI is InChI=1S/C8H8N4/c1-5-3-9-4-7-6(2)10-12-11-8(5)7/h3-4H,1-2H3. The molecule has 0 unspecified atom stereocenters. The molecule has 0 N–H and O–H groups in total. The average Bonchev–Trinajstić information content (AvgIpc) is 2.07. The monoisotopic (exact) mass is 160 g/mol. The summed E-state index contributed by atoms with van der Waals surface area (Å²) in [6, 6.07) is 0. The first-order chi connectivity index (χ1) is 5.79. The van der Waals surface area contributed by atoms with Crippen LogP contribution in [0.25, 0.3) is 10.9 Å². The zero-order chi connectivity index (χ0) is 8.55. The number of rotatable bonds is 0. The van der Waals surface area contributed by atoms with E-state index in [9.17, 15) is 0 Å². The van der Waals surface area contributed by atoms with Gasteiger partial charge in [-0.2, -0.15) is 0 Å². The highest BCUT2D eigenvalue weighted by Crippen LogP contribution is 2.13. The van der Waals surface area contributed by atoms with E-state index in [1.165, 1.54) is 0 Å². The third kappa shape index (κ3) is 0.922. The Bertz CT molecular complexity index is 383. The van der Waals surface area contributed by atoms with Crippen LogP contribution in [0.4, 0.5) is 0 Å². The molecule has 0 radical (unpaired) electrons. The summed E-state index contributed by atoms with van der Waals surface area (Å²) in [4.78, 5) is 4.07. The van der Waals surface area contributed by atoms with E-state index in [1.807, 2.05) is 13.8 Å². The van der Waals surface area contributed by atoms with Crippen molar-refractivity contribution < 1.29 is 0 Å². The van der Waals surface area contributed by atoms with Gasteiger partial charge in [-0.1, -0.05) is 0 Å². The fourth-order valence-corrected chi connectivity index (χ4v) is 1.14. The fraction of sp³-hybridized carbons (Fsp3) is 0.250. The smallest absolute Gasteiger partial charge is 0.103 e. The van der Waals surface area contributed by atoms with Crippen molar-refractivity contribution in [3.63, 3.8) is 0 Å². The second kappa shape index (κ2) is 2.48. The Hall–Kier alpha value is -1.58. The minimum Gasteiger partial charge on any atom is -0.264 e. The average molecular weight is 160 g/mol. The van der Waals surface area contributed by atoms with E-state index < -0.39 is 0 Å². The summed E-state index contributed by atoms with van der Waals surface area (Å²) in [6.45, 7) is 3.86. The molecule has 0 spiro atoms. The predicted molar refractivity (Wildman–Crippen MR) is 44.6 cm³/mol. The van der Waals surface area contributed by atoms with Crippen molar-refractivity contribution in [1.82, 2.24) is 20.4 Å². The molecule has 2 aromatic heterocycles. The first-order valence-corrected chi connectivity index (χ1v) is 3.69. The lowest BCUT2D eigenvalue weighted by Crippen LogP contribution is -1.95. The Morgan fingerprint density at radius 1 is 1.08 bits per heavy atom. The van der Waals surface area contributed by atoms with Crippen LogP contribution in [0.15, 0.2) is 12.4 Å². The Labute approximate surface area is 69.7 Å². The van der Waals surface area contributed by atoms with Crippen molar-refractivity contribution in [1.29, 1.82) is 0 Å². The first kappa shape index (κ1) is 7.09. The number of aryl methyl sites for hydroxylation is 2. The summed E-state index contributed by atoms with van der Waals surface area (Å²) in [5, 5.41) is 12.4. The molecule has 60 valence electrons. The van der Waals surface area contributed by atoms with E-state index in [0.717, 1.165) is 22.2 Å². The molecule has 0 amide bonds. The summed E-state index contributed by atoms with van der Waals surface area (Å²) >= 11 is 0. The molecule has 12 heavy (non-hydrogen) atoms. The molecule has 0 fully saturated rings. The second-order valence-corrected chi connectivity index (χ2v) is 2.73. The Morgan fingerprint density at radius 2 is 1.92 bits per heavy atom. The molecular weight excluding hydrogens is 152 g/mol. The van der Waals surface area contributed by atoms with Gasteiger partial charge < -0.3 is 0 Å². The summed E-state index contributed by atoms with van der Waals surface area (Å²) in [7, 11) is 0. The van der Waals surface area contributed by atoms with Crippen molar-refractivity contribution in [3.05, 3.63) is 23.7 Å². The largest absolute Gasteiger partial charge is 0.264 e. The number of aromatic nitrogens is 4. The van der Waals surface area contributed by atoms with Crippen LogP contribution in [0.3, 0.4) is 0 Å². The van der Waals surface area contributed by atoms with Crippen molar-refractivity contribution in [2.24, 2.45) is 0 Å². The molecule has 4 nitrogen and oxygen atoms in total. The second-order valence-electron chi connectivity index (χ2n) is 2.73. The predicted octanol–water partition coefficient (Wildman–Crippen LogP) is 1.04. The lowest BCUT2D eigenvalue weighted by Gasteiger charge is -1.99. The molecule has 2 rings (SSSR count). The third-order valence-electron chi connectivity index (χ3n) is 1.83. The summed E-state index contributed by atoms with van der Waals surface area (Å²) in [6.07, 6.45) is 3.54. The van der Waals surface area contributed by atoms with Crippen LogP contribution < -0.4 is 0 Å². The van der Waals surface area contributed by atoms with Crippen LogP contribution in [0.2, 0.25) is 0 Å². The van der Waals surface area contributed by atoms with Gasteiger partial charge in [0.1, 0.15) is 5.52 Å². The van der Waals surface area contributed by atoms with Gasteiger partial charge in [0.25, 0.3) is 0 Å². The quantitative estimate of drug-likeness (QED) is 0.577. The van der Waals surface area contributed by atoms with E-state index in [1.54, 1.807) is 12.4 Å². The van der Waals surface area contributed by atoms with Gasteiger partial charge in [-0.15, -0.1) is 10.2 Å². The molecule has 0 saturated carbocycles. The molecule has 4 heteroatoms. The van der Waals surface area contributed by atoms with Crippen LogP contribution in [0.1, 0.15) is 11.3 Å². The lowest BCUT2D eigenvalue weighted by molar-refractivity contribution is 0.866. The normalized spacial score (nSPS) is 10.5. The molecule has 0 aromatic carbocycles. The number of nitrogens with zero attached hydrogens (tertiary/aromatic N) is 4. The molecule has 2 aromatic rings. The van der Waals surface area contributed by atoms with E-state index in [2.05, 4.69) is 20.4 Å². The maximum absolute atomic E-state index is 4.07. The molecule has 2 heterocycles. The van der Waals surface area contributed by atoms with Crippen LogP contribution in [-0.4, -0.2) is 20.4 Å². The van der Waals surface area contributed by atoms with Crippen molar-refractivity contribution in [3.8, 4) is 0 Å². The maximum atomic E-state index is 4.07. The highest BCUT2D eigenvalue weighted by atomic mass is 15.3. The van der Waals surface area contributed by atoms with Gasteiger partial charge in [0.05, 0.1) is 5.69 Å². The Kier molecular flexibility index (Phi) is 1.46. The zero-order valence-corrected chi connectivity index (χ0v) is 6.94. The van der Waals surface area contributed by atoms with Crippen molar-refractivity contribution in [2.45, 2.75) is 13.8 Å². The Morgan fingerprint density at radius 3 is 2.67 bits per heavy atom. The van der Waals surface area contributed by atoms with E-state index in [0.29, 0.717) is 0 Å². The maximum Gasteiger partial charge on any atom is 0.103 e. The van der Waals surface area contributed by atoms with Crippen molar-refractivity contribution in [2.75, 3.05) is 0 Å². The lowest BCUT2D eigenvalue weighted by atomic mass is 10.2. The molecule has 0 aliphatic heterocycles. The summed E-state index contributed by atoms with van der Waals surface area (Å²) in [5.74, 6) is 0. The van der Waals surface area contributed by atoms with Gasteiger partial charge >= 0.3 is 0 Å². The van der Waals surface area contributed by atoms with Crippen molar-refractivity contribution >= 4 is 10.9 Å². The highest BCUT2D eigenvalue weighted by Gasteiger charge is 2.01.